The summed E-state index contributed by atoms with van der Waals surface area (Å²) < 4.78 is 11.0. The van der Waals surface area contributed by atoms with Crippen LogP contribution in [0.1, 0.15) is 11.5 Å². The van der Waals surface area contributed by atoms with Gasteiger partial charge in [-0.3, -0.25) is 13.9 Å². The molecule has 2 amide bonds. The van der Waals surface area contributed by atoms with Crippen LogP contribution in [0.4, 0.5) is 10.5 Å². The molecule has 0 spiro atoms. The quantitative estimate of drug-likeness (QED) is 0.859. The van der Waals surface area contributed by atoms with Crippen molar-refractivity contribution in [2.75, 3.05) is 30.0 Å². The van der Waals surface area contributed by atoms with E-state index in [4.69, 9.17) is 0 Å². The van der Waals surface area contributed by atoms with Crippen LogP contribution in [0.3, 0.4) is 0 Å². The predicted molar refractivity (Wildman–Crippen MR) is 76.5 cm³/mol. The van der Waals surface area contributed by atoms with Gasteiger partial charge in [-0.1, -0.05) is 18.2 Å². The highest BCUT2D eigenvalue weighted by Gasteiger charge is 2.36. The van der Waals surface area contributed by atoms with Crippen molar-refractivity contribution in [3.05, 3.63) is 29.8 Å². The Hall–Kier alpha value is -1.89. The first kappa shape index (κ1) is 14.5. The fourth-order valence-electron chi connectivity index (χ4n) is 2.21. The molecule has 2 atom stereocenters. The molecule has 2 unspecified atom stereocenters. The second-order valence-electron chi connectivity index (χ2n) is 4.57. The molecule has 108 valence electrons. The van der Waals surface area contributed by atoms with E-state index in [9.17, 15) is 18.9 Å². The van der Waals surface area contributed by atoms with Crippen LogP contribution in [0.5, 0.6) is 0 Å². The highest BCUT2D eigenvalue weighted by Crippen LogP contribution is 2.36. The van der Waals surface area contributed by atoms with Crippen molar-refractivity contribution in [2.45, 2.75) is 5.92 Å². The van der Waals surface area contributed by atoms with Gasteiger partial charge in [-0.15, -0.1) is 0 Å². The van der Waals surface area contributed by atoms with Crippen molar-refractivity contribution < 1.29 is 18.9 Å². The molecule has 2 rings (SSSR count). The number of carbonyl (C=O) groups is 2. The molecule has 0 saturated heterocycles. The van der Waals surface area contributed by atoms with Gasteiger partial charge in [0.2, 0.25) is 0 Å². The molecule has 0 saturated carbocycles. The third-order valence-electron chi connectivity index (χ3n) is 3.18. The Labute approximate surface area is 119 Å². The van der Waals surface area contributed by atoms with Gasteiger partial charge in [0.1, 0.15) is 5.92 Å². The van der Waals surface area contributed by atoms with Gasteiger partial charge in [-0.2, -0.15) is 0 Å². The number of urea groups is 1. The van der Waals surface area contributed by atoms with E-state index >= 15 is 0 Å². The molecule has 1 heterocycles. The van der Waals surface area contributed by atoms with Gasteiger partial charge in [0.25, 0.3) is 0 Å². The van der Waals surface area contributed by atoms with Gasteiger partial charge >= 0.3 is 12.0 Å². The summed E-state index contributed by atoms with van der Waals surface area (Å²) in [5.41, 5.74) is 1.27. The summed E-state index contributed by atoms with van der Waals surface area (Å²) in [4.78, 5) is 24.7. The van der Waals surface area contributed by atoms with E-state index in [2.05, 4.69) is 5.32 Å². The van der Waals surface area contributed by atoms with Crippen molar-refractivity contribution in [1.29, 1.82) is 0 Å². The fraction of sp³-hybridized carbons (Fsp3) is 0.385. The first-order chi connectivity index (χ1) is 9.50. The second-order valence-corrected chi connectivity index (χ2v) is 6.12. The number of carboxylic acid groups (broad SMARTS) is 1. The third-order valence-corrected chi connectivity index (χ3v) is 3.96. The van der Waals surface area contributed by atoms with E-state index in [0.29, 0.717) is 23.5 Å². The number of fused-ring (bicyclic) bond motifs is 1. The maximum atomic E-state index is 12.1. The fourth-order valence-corrected chi connectivity index (χ4v) is 2.60. The first-order valence-corrected chi connectivity index (χ1v) is 7.90. The average Bonchev–Trinajstić information content (AvgIpc) is 2.78. The largest absolute Gasteiger partial charge is 0.481 e. The summed E-state index contributed by atoms with van der Waals surface area (Å²) in [6.45, 7) is 0.425. The molecule has 1 aromatic carbocycles. The molecular formula is C13H16N2O4S. The summed E-state index contributed by atoms with van der Waals surface area (Å²) in [6, 6.07) is 6.63. The molecule has 20 heavy (non-hydrogen) atoms. The minimum Gasteiger partial charge on any atom is -0.481 e. The van der Waals surface area contributed by atoms with Crippen molar-refractivity contribution in [3.8, 4) is 0 Å². The molecule has 0 aromatic heterocycles. The molecule has 2 N–H and O–H groups in total. The van der Waals surface area contributed by atoms with E-state index in [1.165, 1.54) is 4.90 Å². The number of hydrogen-bond donors (Lipinski definition) is 2. The number of nitrogens with zero attached hydrogens (tertiary/aromatic N) is 1. The standard InChI is InChI=1S/C13H16N2O4S/c1-20(19)7-6-14-13(18)15-8-10(12(16)17)9-4-2-3-5-11(9)15/h2-5,10H,6-8H2,1H3,(H,14,18)(H,16,17). The van der Waals surface area contributed by atoms with Crippen molar-refractivity contribution in [1.82, 2.24) is 5.32 Å². The Kier molecular flexibility index (Phi) is 4.39. The Morgan fingerprint density at radius 3 is 2.80 bits per heavy atom. The molecule has 6 nitrogen and oxygen atoms in total. The zero-order valence-corrected chi connectivity index (χ0v) is 11.9. The van der Waals surface area contributed by atoms with Crippen LogP contribution in [-0.4, -0.2) is 46.4 Å². The van der Waals surface area contributed by atoms with E-state index in [0.717, 1.165) is 0 Å². The van der Waals surface area contributed by atoms with Crippen molar-refractivity contribution >= 4 is 28.5 Å². The predicted octanol–water partition coefficient (Wildman–Crippen LogP) is 0.763. The van der Waals surface area contributed by atoms with Crippen molar-refractivity contribution in [3.63, 3.8) is 0 Å². The summed E-state index contributed by atoms with van der Waals surface area (Å²) in [7, 11) is -0.970. The molecule has 1 aromatic rings. The summed E-state index contributed by atoms with van der Waals surface area (Å²) in [5.74, 6) is -1.26. The van der Waals surface area contributed by atoms with E-state index < -0.39 is 22.7 Å². The summed E-state index contributed by atoms with van der Waals surface area (Å²) in [6.07, 6.45) is 1.57. The number of rotatable bonds is 4. The molecule has 0 fully saturated rings. The Bertz CT molecular complexity index is 561. The van der Waals surface area contributed by atoms with Crippen LogP contribution < -0.4 is 10.2 Å². The molecular weight excluding hydrogens is 280 g/mol. The van der Waals surface area contributed by atoms with E-state index in [-0.39, 0.29) is 12.6 Å². The third kappa shape index (κ3) is 2.98. The number of nitrogens with one attached hydrogen (secondary N) is 1. The number of aliphatic carboxylic acids is 1. The Morgan fingerprint density at radius 1 is 1.45 bits per heavy atom. The molecule has 7 heteroatoms. The van der Waals surface area contributed by atoms with Crippen LogP contribution in [0.15, 0.2) is 24.3 Å². The zero-order valence-electron chi connectivity index (χ0n) is 11.0. The molecule has 1 aliphatic rings. The van der Waals surface area contributed by atoms with E-state index in [1.807, 2.05) is 0 Å². The number of hydrogen-bond acceptors (Lipinski definition) is 3. The minimum atomic E-state index is -0.970. The van der Waals surface area contributed by atoms with Gasteiger partial charge in [-0.25, -0.2) is 4.79 Å². The lowest BCUT2D eigenvalue weighted by molar-refractivity contribution is -0.138. The Balaban J connectivity index is 2.12. The second kappa shape index (κ2) is 6.04. The first-order valence-electron chi connectivity index (χ1n) is 6.18. The number of anilines is 1. The van der Waals surface area contributed by atoms with Crippen LogP contribution in [0.2, 0.25) is 0 Å². The SMILES string of the molecule is CS(=O)CCNC(=O)N1CC(C(=O)O)c2ccccc21. The number of benzene rings is 1. The highest BCUT2D eigenvalue weighted by molar-refractivity contribution is 7.84. The summed E-state index contributed by atoms with van der Waals surface area (Å²) in [5, 5.41) is 11.9. The monoisotopic (exact) mass is 296 g/mol. The number of amides is 2. The lowest BCUT2D eigenvalue weighted by Crippen LogP contribution is -2.41. The minimum absolute atomic E-state index is 0.121. The maximum Gasteiger partial charge on any atom is 0.321 e. The van der Waals surface area contributed by atoms with Crippen LogP contribution in [0, 0.1) is 0 Å². The van der Waals surface area contributed by atoms with Crippen molar-refractivity contribution in [2.24, 2.45) is 0 Å². The lowest BCUT2D eigenvalue weighted by Gasteiger charge is -2.18. The highest BCUT2D eigenvalue weighted by atomic mass is 32.2. The zero-order chi connectivity index (χ0) is 14.7. The van der Waals surface area contributed by atoms with Gasteiger partial charge in [0, 0.05) is 41.6 Å². The van der Waals surface area contributed by atoms with E-state index in [1.54, 1.807) is 30.5 Å². The summed E-state index contributed by atoms with van der Waals surface area (Å²) >= 11 is 0. The number of para-hydroxylation sites is 1. The molecule has 1 aliphatic heterocycles. The number of carbonyl (C=O) groups excluding carboxylic acids is 1. The molecule has 0 bridgehead atoms. The maximum absolute atomic E-state index is 12.1. The topological polar surface area (TPSA) is 86.7 Å². The average molecular weight is 296 g/mol. The van der Waals surface area contributed by atoms with Gasteiger partial charge in [0.15, 0.2) is 0 Å². The Morgan fingerprint density at radius 2 is 2.15 bits per heavy atom. The van der Waals surface area contributed by atoms with Crippen LogP contribution in [0.25, 0.3) is 0 Å². The molecule has 0 aliphatic carbocycles. The van der Waals surface area contributed by atoms with Gasteiger partial charge in [0.05, 0.1) is 0 Å². The smallest absolute Gasteiger partial charge is 0.321 e. The van der Waals surface area contributed by atoms with Gasteiger partial charge < -0.3 is 10.4 Å². The van der Waals surface area contributed by atoms with Gasteiger partial charge in [-0.05, 0) is 11.6 Å². The van der Waals surface area contributed by atoms with Crippen LogP contribution in [-0.2, 0) is 15.6 Å². The number of carboxylic acids is 1. The van der Waals surface area contributed by atoms with Crippen LogP contribution >= 0.6 is 0 Å². The lowest BCUT2D eigenvalue weighted by atomic mass is 10.0. The molecule has 0 radical (unpaired) electrons. The normalized spacial score (nSPS) is 18.4.